The number of carbonyl (C=O) groups is 2. The molecule has 0 radical (unpaired) electrons. The number of halogens is 1. The Bertz CT molecular complexity index is 886. The Kier molecular flexibility index (Phi) is 9.82. The van der Waals surface area contributed by atoms with Gasteiger partial charge in [0.25, 0.3) is 0 Å². The van der Waals surface area contributed by atoms with Gasteiger partial charge in [0, 0.05) is 44.8 Å². The number of ether oxygens (including phenoxy) is 1. The highest BCUT2D eigenvalue weighted by Gasteiger charge is 2.39. The van der Waals surface area contributed by atoms with Crippen LogP contribution in [0.4, 0.5) is 9.18 Å². The molecule has 0 spiro atoms. The standard InChI is InChI=1S/C29H44FN3O4/c1-3-12-33(29(36)37-20-23-6-8-25(30)9-7-23)26-10-13-31(14-11-26)18-24-16-27(15-21(24)2)32(19-28(34)35)17-22-4-5-22/h6-9,21-22,24,26-27H,3-5,10-20H2,1-2H3,(H,34,35)/t21-,24+,27?/m0/s1. The molecule has 1 unspecified atom stereocenters. The molecule has 1 amide bonds. The Morgan fingerprint density at radius 3 is 2.41 bits per heavy atom. The van der Waals surface area contributed by atoms with Gasteiger partial charge in [-0.3, -0.25) is 9.69 Å². The predicted molar refractivity (Wildman–Crippen MR) is 141 cm³/mol. The molecular formula is C29H44FN3O4. The van der Waals surface area contributed by atoms with E-state index in [0.29, 0.717) is 30.3 Å². The van der Waals surface area contributed by atoms with E-state index in [4.69, 9.17) is 4.74 Å². The molecule has 2 aliphatic carbocycles. The summed E-state index contributed by atoms with van der Waals surface area (Å²) >= 11 is 0. The van der Waals surface area contributed by atoms with Crippen molar-refractivity contribution in [2.75, 3.05) is 39.3 Å². The van der Waals surface area contributed by atoms with Gasteiger partial charge in [0.15, 0.2) is 0 Å². The zero-order valence-corrected chi connectivity index (χ0v) is 22.5. The maximum Gasteiger partial charge on any atom is 0.410 e. The summed E-state index contributed by atoms with van der Waals surface area (Å²) in [6.45, 7) is 9.31. The van der Waals surface area contributed by atoms with Crippen LogP contribution in [0.5, 0.6) is 0 Å². The van der Waals surface area contributed by atoms with Crippen LogP contribution in [-0.2, 0) is 16.1 Å². The first kappa shape index (κ1) is 27.8. The highest BCUT2D eigenvalue weighted by atomic mass is 19.1. The van der Waals surface area contributed by atoms with Crippen LogP contribution in [0.1, 0.15) is 64.4 Å². The van der Waals surface area contributed by atoms with Crippen LogP contribution in [-0.4, -0.2) is 83.2 Å². The smallest absolute Gasteiger partial charge is 0.410 e. The largest absolute Gasteiger partial charge is 0.480 e. The molecule has 3 atom stereocenters. The number of hydrogen-bond donors (Lipinski definition) is 1. The van der Waals surface area contributed by atoms with E-state index < -0.39 is 5.97 Å². The summed E-state index contributed by atoms with van der Waals surface area (Å²) < 4.78 is 18.7. The van der Waals surface area contributed by atoms with Gasteiger partial charge < -0.3 is 19.6 Å². The number of likely N-dealkylation sites (tertiary alicyclic amines) is 1. The number of piperidine rings is 1. The second kappa shape index (κ2) is 13.1. The Hall–Kier alpha value is -2.19. The fourth-order valence-corrected chi connectivity index (χ4v) is 6.22. The average Bonchev–Trinajstić information content (AvgIpc) is 3.62. The van der Waals surface area contributed by atoms with Gasteiger partial charge in [0.05, 0.1) is 6.54 Å². The maximum atomic E-state index is 13.1. The Morgan fingerprint density at radius 1 is 1.08 bits per heavy atom. The van der Waals surface area contributed by atoms with Crippen molar-refractivity contribution in [1.29, 1.82) is 0 Å². The molecule has 206 valence electrons. The Labute approximate surface area is 220 Å². The molecule has 1 saturated heterocycles. The first-order valence-electron chi connectivity index (χ1n) is 14.2. The molecule has 0 bridgehead atoms. The van der Waals surface area contributed by atoms with E-state index in [0.717, 1.165) is 63.8 Å². The van der Waals surface area contributed by atoms with Crippen LogP contribution in [0.25, 0.3) is 0 Å². The number of amides is 1. The van der Waals surface area contributed by atoms with Gasteiger partial charge in [-0.2, -0.15) is 0 Å². The monoisotopic (exact) mass is 517 g/mol. The SMILES string of the molecule is CCCN(C(=O)OCc1ccc(F)cc1)C1CCN(C[C@H]2CC(N(CC(=O)O)CC3CC3)C[C@@H]2C)CC1. The molecular weight excluding hydrogens is 473 g/mol. The number of carboxylic acids is 1. The van der Waals surface area contributed by atoms with E-state index in [9.17, 15) is 19.1 Å². The number of benzene rings is 1. The van der Waals surface area contributed by atoms with Crippen molar-refractivity contribution >= 4 is 12.1 Å². The van der Waals surface area contributed by atoms with E-state index >= 15 is 0 Å². The minimum absolute atomic E-state index is 0.151. The average molecular weight is 518 g/mol. The third kappa shape index (κ3) is 8.14. The van der Waals surface area contributed by atoms with Crippen LogP contribution < -0.4 is 0 Å². The lowest BCUT2D eigenvalue weighted by Crippen LogP contribution is -2.48. The summed E-state index contributed by atoms with van der Waals surface area (Å²) in [5, 5.41) is 9.42. The zero-order valence-electron chi connectivity index (χ0n) is 22.5. The molecule has 1 aliphatic heterocycles. The fourth-order valence-electron chi connectivity index (χ4n) is 6.22. The Balaban J connectivity index is 1.24. The molecule has 4 rings (SSSR count). The highest BCUT2D eigenvalue weighted by molar-refractivity contribution is 5.69. The molecule has 8 heteroatoms. The number of hydrogen-bond acceptors (Lipinski definition) is 5. The second-order valence-electron chi connectivity index (χ2n) is 11.5. The van der Waals surface area contributed by atoms with Crippen molar-refractivity contribution in [3.8, 4) is 0 Å². The summed E-state index contributed by atoms with van der Waals surface area (Å²) in [6.07, 6.45) is 7.11. The lowest BCUT2D eigenvalue weighted by atomic mass is 9.95. The number of nitrogens with zero attached hydrogens (tertiary/aromatic N) is 3. The summed E-state index contributed by atoms with van der Waals surface area (Å²) in [5.41, 5.74) is 0.782. The lowest BCUT2D eigenvalue weighted by Gasteiger charge is -2.39. The van der Waals surface area contributed by atoms with Crippen LogP contribution in [0.3, 0.4) is 0 Å². The molecule has 1 aromatic rings. The number of rotatable bonds is 12. The van der Waals surface area contributed by atoms with E-state index in [2.05, 4.69) is 23.6 Å². The van der Waals surface area contributed by atoms with Crippen LogP contribution in [0.15, 0.2) is 24.3 Å². The molecule has 37 heavy (non-hydrogen) atoms. The van der Waals surface area contributed by atoms with Crippen molar-refractivity contribution in [1.82, 2.24) is 14.7 Å². The van der Waals surface area contributed by atoms with Crippen molar-refractivity contribution in [2.45, 2.75) is 77.5 Å². The maximum absolute atomic E-state index is 13.1. The molecule has 2 saturated carbocycles. The quantitative estimate of drug-likeness (QED) is 0.427. The van der Waals surface area contributed by atoms with Crippen LogP contribution >= 0.6 is 0 Å². The molecule has 1 heterocycles. The van der Waals surface area contributed by atoms with E-state index in [-0.39, 0.29) is 31.1 Å². The van der Waals surface area contributed by atoms with Crippen molar-refractivity contribution in [3.63, 3.8) is 0 Å². The highest BCUT2D eigenvalue weighted by Crippen LogP contribution is 2.38. The number of carboxylic acid groups (broad SMARTS) is 1. The molecule has 1 N–H and O–H groups in total. The number of carbonyl (C=O) groups excluding carboxylic acids is 1. The first-order chi connectivity index (χ1) is 17.8. The minimum Gasteiger partial charge on any atom is -0.480 e. The van der Waals surface area contributed by atoms with Gasteiger partial charge in [-0.1, -0.05) is 26.0 Å². The Morgan fingerprint density at radius 2 is 1.78 bits per heavy atom. The van der Waals surface area contributed by atoms with Gasteiger partial charge in [0.1, 0.15) is 12.4 Å². The molecule has 1 aromatic carbocycles. The molecule has 3 fully saturated rings. The normalized spacial score (nSPS) is 24.9. The van der Waals surface area contributed by atoms with Gasteiger partial charge in [-0.25, -0.2) is 9.18 Å². The minimum atomic E-state index is -0.716. The van der Waals surface area contributed by atoms with Crippen LogP contribution in [0, 0.1) is 23.6 Å². The molecule has 0 aromatic heterocycles. The second-order valence-corrected chi connectivity index (χ2v) is 11.5. The van der Waals surface area contributed by atoms with Gasteiger partial charge in [0.2, 0.25) is 0 Å². The third-order valence-electron chi connectivity index (χ3n) is 8.53. The summed E-state index contributed by atoms with van der Waals surface area (Å²) in [7, 11) is 0. The summed E-state index contributed by atoms with van der Waals surface area (Å²) in [5.74, 6) is 0.862. The van der Waals surface area contributed by atoms with Crippen LogP contribution in [0.2, 0.25) is 0 Å². The fraction of sp³-hybridized carbons (Fsp3) is 0.724. The zero-order chi connectivity index (χ0) is 26.4. The van der Waals surface area contributed by atoms with E-state index in [1.54, 1.807) is 12.1 Å². The van der Waals surface area contributed by atoms with Gasteiger partial charge in [-0.05, 0) is 80.4 Å². The topological polar surface area (TPSA) is 73.3 Å². The van der Waals surface area contributed by atoms with Gasteiger partial charge >= 0.3 is 12.1 Å². The predicted octanol–water partition coefficient (Wildman–Crippen LogP) is 4.85. The number of aliphatic carboxylic acids is 1. The van der Waals surface area contributed by atoms with Gasteiger partial charge in [-0.15, -0.1) is 0 Å². The summed E-state index contributed by atoms with van der Waals surface area (Å²) in [6, 6.07) is 6.61. The van der Waals surface area contributed by atoms with Crippen molar-refractivity contribution in [3.05, 3.63) is 35.6 Å². The van der Waals surface area contributed by atoms with E-state index in [1.165, 1.54) is 25.0 Å². The molecule has 3 aliphatic rings. The first-order valence-corrected chi connectivity index (χ1v) is 14.2. The van der Waals surface area contributed by atoms with E-state index in [1.807, 2.05) is 4.90 Å². The summed E-state index contributed by atoms with van der Waals surface area (Å²) in [4.78, 5) is 31.0. The molecule has 7 nitrogen and oxygen atoms in total. The lowest BCUT2D eigenvalue weighted by molar-refractivity contribution is -0.139. The third-order valence-corrected chi connectivity index (χ3v) is 8.53. The van der Waals surface area contributed by atoms with Crippen molar-refractivity contribution < 1.29 is 23.8 Å². The van der Waals surface area contributed by atoms with Crippen molar-refractivity contribution in [2.24, 2.45) is 17.8 Å².